The van der Waals surface area contributed by atoms with Gasteiger partial charge in [0.25, 0.3) is 5.91 Å². The van der Waals surface area contributed by atoms with E-state index in [1.165, 1.54) is 29.5 Å². The van der Waals surface area contributed by atoms with E-state index >= 15 is 0 Å². The third-order valence-electron chi connectivity index (χ3n) is 4.26. The lowest BCUT2D eigenvalue weighted by atomic mass is 9.95. The number of hydrogen-bond donors (Lipinski definition) is 2. The van der Waals surface area contributed by atoms with E-state index in [0.717, 1.165) is 23.2 Å². The molecular formula is C18H17N3OS. The molecule has 0 unspecified atom stereocenters. The first-order chi connectivity index (χ1) is 11.3. The molecule has 3 aromatic rings. The molecule has 4 rings (SSSR count). The maximum Gasteiger partial charge on any atom is 0.271 e. The number of nitrogens with zero attached hydrogens (tertiary/aromatic N) is 1. The van der Waals surface area contributed by atoms with Gasteiger partial charge in [0.2, 0.25) is 0 Å². The molecule has 0 saturated heterocycles. The first-order valence-corrected chi connectivity index (χ1v) is 8.69. The van der Waals surface area contributed by atoms with Crippen molar-refractivity contribution in [1.29, 1.82) is 0 Å². The van der Waals surface area contributed by atoms with Gasteiger partial charge in [-0.2, -0.15) is 5.10 Å². The average molecular weight is 323 g/mol. The summed E-state index contributed by atoms with van der Waals surface area (Å²) in [4.78, 5) is 16.8. The van der Waals surface area contributed by atoms with Crippen molar-refractivity contribution in [3.8, 4) is 0 Å². The minimum absolute atomic E-state index is 0.175. The van der Waals surface area contributed by atoms with Crippen molar-refractivity contribution < 1.29 is 4.79 Å². The molecule has 1 aromatic carbocycles. The minimum Gasteiger partial charge on any atom is -0.358 e. The van der Waals surface area contributed by atoms with Gasteiger partial charge in [0.05, 0.1) is 6.21 Å². The molecule has 0 aliphatic heterocycles. The van der Waals surface area contributed by atoms with Gasteiger partial charge in [-0.1, -0.05) is 6.07 Å². The first-order valence-electron chi connectivity index (χ1n) is 7.81. The maximum atomic E-state index is 12.3. The van der Waals surface area contributed by atoms with Crippen molar-refractivity contribution in [2.75, 3.05) is 0 Å². The Hall–Kier alpha value is -2.40. The standard InChI is InChI=1S/C18H17N3OS/c22-18(21-19-11-13-4-3-9-23-13)12-7-8-17-15(10-12)14-5-1-2-6-16(14)20-17/h3-4,7-11,20H,1-2,5-6H2,(H,21,22)/b19-11+. The van der Waals surface area contributed by atoms with Crippen LogP contribution in [-0.2, 0) is 12.8 Å². The maximum absolute atomic E-state index is 12.3. The van der Waals surface area contributed by atoms with E-state index < -0.39 is 0 Å². The van der Waals surface area contributed by atoms with E-state index in [-0.39, 0.29) is 5.91 Å². The highest BCUT2D eigenvalue weighted by atomic mass is 32.1. The van der Waals surface area contributed by atoms with E-state index in [1.54, 1.807) is 17.6 Å². The number of thiophene rings is 1. The van der Waals surface area contributed by atoms with Gasteiger partial charge >= 0.3 is 0 Å². The van der Waals surface area contributed by atoms with Crippen LogP contribution in [0.1, 0.15) is 39.3 Å². The summed E-state index contributed by atoms with van der Waals surface area (Å²) in [6, 6.07) is 9.73. The Morgan fingerprint density at radius 3 is 3.04 bits per heavy atom. The van der Waals surface area contributed by atoms with Gasteiger partial charge in [0, 0.05) is 27.0 Å². The highest BCUT2D eigenvalue weighted by molar-refractivity contribution is 7.11. The normalized spacial score (nSPS) is 14.3. The molecule has 0 saturated carbocycles. The van der Waals surface area contributed by atoms with Crippen LogP contribution in [-0.4, -0.2) is 17.1 Å². The summed E-state index contributed by atoms with van der Waals surface area (Å²) in [7, 11) is 0. The van der Waals surface area contributed by atoms with Crippen molar-refractivity contribution in [2.24, 2.45) is 5.10 Å². The van der Waals surface area contributed by atoms with E-state index in [0.29, 0.717) is 5.56 Å². The quantitative estimate of drug-likeness (QED) is 0.558. The number of carbonyl (C=O) groups is 1. The smallest absolute Gasteiger partial charge is 0.271 e. The molecule has 5 heteroatoms. The topological polar surface area (TPSA) is 57.2 Å². The Balaban J connectivity index is 1.57. The van der Waals surface area contributed by atoms with E-state index in [2.05, 4.69) is 15.5 Å². The fourth-order valence-corrected chi connectivity index (χ4v) is 3.72. The molecule has 0 fully saturated rings. The van der Waals surface area contributed by atoms with Crippen LogP contribution in [0.15, 0.2) is 40.8 Å². The SMILES string of the molecule is O=C(N/N=C/c1cccs1)c1ccc2[nH]c3c(c2c1)CCCC3. The molecular weight excluding hydrogens is 306 g/mol. The molecule has 23 heavy (non-hydrogen) atoms. The van der Waals surface area contributed by atoms with Crippen molar-refractivity contribution in [3.63, 3.8) is 0 Å². The van der Waals surface area contributed by atoms with E-state index in [4.69, 9.17) is 0 Å². The Morgan fingerprint density at radius 2 is 2.17 bits per heavy atom. The second kappa shape index (κ2) is 6.01. The summed E-state index contributed by atoms with van der Waals surface area (Å²) < 4.78 is 0. The summed E-state index contributed by atoms with van der Waals surface area (Å²) in [6.07, 6.45) is 6.33. The lowest BCUT2D eigenvalue weighted by Crippen LogP contribution is -2.17. The minimum atomic E-state index is -0.175. The lowest BCUT2D eigenvalue weighted by molar-refractivity contribution is 0.0955. The summed E-state index contributed by atoms with van der Waals surface area (Å²) >= 11 is 1.58. The number of aromatic amines is 1. The van der Waals surface area contributed by atoms with Gasteiger partial charge in [-0.25, -0.2) is 5.43 Å². The number of nitrogens with one attached hydrogen (secondary N) is 2. The summed E-state index contributed by atoms with van der Waals surface area (Å²) in [5.41, 5.74) is 7.08. The molecule has 1 aliphatic rings. The van der Waals surface area contributed by atoms with Gasteiger partial charge in [0.15, 0.2) is 0 Å². The van der Waals surface area contributed by atoms with Crippen molar-refractivity contribution in [1.82, 2.24) is 10.4 Å². The zero-order valence-electron chi connectivity index (χ0n) is 12.6. The lowest BCUT2D eigenvalue weighted by Gasteiger charge is -2.10. The third-order valence-corrected chi connectivity index (χ3v) is 5.07. The highest BCUT2D eigenvalue weighted by Crippen LogP contribution is 2.29. The van der Waals surface area contributed by atoms with Crippen molar-refractivity contribution in [3.05, 3.63) is 57.4 Å². The summed E-state index contributed by atoms with van der Waals surface area (Å²) in [5.74, 6) is -0.175. The number of aromatic nitrogens is 1. The predicted octanol–water partition coefficient (Wildman–Crippen LogP) is 3.87. The average Bonchev–Trinajstić information content (AvgIpc) is 3.21. The number of amides is 1. The number of hydrogen-bond acceptors (Lipinski definition) is 3. The van der Waals surface area contributed by atoms with Crippen LogP contribution in [0.4, 0.5) is 0 Å². The monoisotopic (exact) mass is 323 g/mol. The number of benzene rings is 1. The van der Waals surface area contributed by atoms with Crippen LogP contribution in [0, 0.1) is 0 Å². The Bertz CT molecular complexity index is 877. The van der Waals surface area contributed by atoms with E-state index in [9.17, 15) is 4.79 Å². The molecule has 2 N–H and O–H groups in total. The van der Waals surface area contributed by atoms with Gasteiger partial charge in [-0.15, -0.1) is 11.3 Å². The predicted molar refractivity (Wildman–Crippen MR) is 94.3 cm³/mol. The van der Waals surface area contributed by atoms with E-state index in [1.807, 2.05) is 35.7 Å². The Morgan fingerprint density at radius 1 is 1.26 bits per heavy atom. The van der Waals surface area contributed by atoms with Crippen LogP contribution in [0.3, 0.4) is 0 Å². The number of fused-ring (bicyclic) bond motifs is 3. The van der Waals surface area contributed by atoms with Gasteiger partial charge in [-0.3, -0.25) is 4.79 Å². The van der Waals surface area contributed by atoms with Gasteiger partial charge < -0.3 is 4.98 Å². The fourth-order valence-electron chi connectivity index (χ4n) is 3.13. The third kappa shape index (κ3) is 2.80. The largest absolute Gasteiger partial charge is 0.358 e. The number of hydrazone groups is 1. The van der Waals surface area contributed by atoms with Crippen molar-refractivity contribution >= 4 is 34.4 Å². The number of rotatable bonds is 3. The van der Waals surface area contributed by atoms with Crippen LogP contribution in [0.5, 0.6) is 0 Å². The van der Waals surface area contributed by atoms with Crippen LogP contribution in [0.2, 0.25) is 0 Å². The molecule has 116 valence electrons. The fraction of sp³-hybridized carbons (Fsp3) is 0.222. The Kier molecular flexibility index (Phi) is 3.71. The second-order valence-corrected chi connectivity index (χ2v) is 6.74. The zero-order valence-corrected chi connectivity index (χ0v) is 13.5. The van der Waals surface area contributed by atoms with Gasteiger partial charge in [-0.05, 0) is 60.9 Å². The molecule has 0 bridgehead atoms. The van der Waals surface area contributed by atoms with Crippen LogP contribution < -0.4 is 5.43 Å². The molecule has 2 heterocycles. The summed E-state index contributed by atoms with van der Waals surface area (Å²) in [6.45, 7) is 0. The van der Waals surface area contributed by atoms with Gasteiger partial charge in [0.1, 0.15) is 0 Å². The molecule has 0 radical (unpaired) electrons. The molecule has 0 atom stereocenters. The molecule has 1 aliphatic carbocycles. The highest BCUT2D eigenvalue weighted by Gasteiger charge is 2.16. The second-order valence-electron chi connectivity index (χ2n) is 5.76. The van der Waals surface area contributed by atoms with Crippen LogP contribution in [0.25, 0.3) is 10.9 Å². The molecule has 2 aromatic heterocycles. The molecule has 0 spiro atoms. The van der Waals surface area contributed by atoms with Crippen LogP contribution >= 0.6 is 11.3 Å². The first kappa shape index (κ1) is 14.2. The molecule has 1 amide bonds. The molecule has 4 nitrogen and oxygen atoms in total. The number of carbonyl (C=O) groups excluding carboxylic acids is 1. The zero-order chi connectivity index (χ0) is 15.6. The Labute approximate surface area is 138 Å². The number of aryl methyl sites for hydroxylation is 2. The number of H-pyrrole nitrogens is 1. The summed E-state index contributed by atoms with van der Waals surface area (Å²) in [5, 5.41) is 7.18. The van der Waals surface area contributed by atoms with Crippen molar-refractivity contribution in [2.45, 2.75) is 25.7 Å².